The van der Waals surface area contributed by atoms with Crippen LogP contribution in [0.2, 0.25) is 0 Å². The first-order chi connectivity index (χ1) is 22.4. The Morgan fingerprint density at radius 3 is 1.89 bits per heavy atom. The second kappa shape index (κ2) is 16.8. The average Bonchev–Trinajstić information content (AvgIpc) is 3.08. The standard InChI is InChI=1S/C37H40N2O7/c1-3-46-33-18-17-27(25-34(33)45-2)19-21-38(22-20-35(41)42)36(43)31-15-9-7-13-29(31)30-14-8-10-16-32(30)37(44)39(23-24-40)26-28-11-5-4-6-12-28/h4-18,25,40H,3,19-24,26H2,1-2H3,(H,41,42). The molecule has 0 radical (unpaired) electrons. The van der Waals surface area contributed by atoms with Crippen LogP contribution in [0.1, 0.15) is 45.2 Å². The first-order valence-electron chi connectivity index (χ1n) is 15.3. The lowest BCUT2D eigenvalue weighted by atomic mass is 9.93. The number of carboxylic acids is 1. The van der Waals surface area contributed by atoms with Crippen molar-refractivity contribution < 1.29 is 34.1 Å². The van der Waals surface area contributed by atoms with Crippen molar-refractivity contribution in [1.29, 1.82) is 0 Å². The smallest absolute Gasteiger partial charge is 0.305 e. The molecule has 0 spiro atoms. The van der Waals surface area contributed by atoms with Crippen LogP contribution in [0.15, 0.2) is 97.1 Å². The SMILES string of the molecule is CCOc1ccc(CCN(CCC(=O)O)C(=O)c2ccccc2-c2ccccc2C(=O)N(CCO)Cc2ccccc2)cc1OC. The normalized spacial score (nSPS) is 10.7. The molecule has 4 rings (SSSR count). The zero-order valence-electron chi connectivity index (χ0n) is 26.2. The van der Waals surface area contributed by atoms with Crippen LogP contribution in [-0.4, -0.2) is 77.8 Å². The third-order valence-electron chi connectivity index (χ3n) is 7.56. The molecule has 0 atom stereocenters. The van der Waals surface area contributed by atoms with E-state index in [9.17, 15) is 24.6 Å². The van der Waals surface area contributed by atoms with Gasteiger partial charge in [-0.2, -0.15) is 0 Å². The van der Waals surface area contributed by atoms with Crippen LogP contribution in [0.4, 0.5) is 0 Å². The van der Waals surface area contributed by atoms with Crippen molar-refractivity contribution in [2.24, 2.45) is 0 Å². The van der Waals surface area contributed by atoms with Gasteiger partial charge in [0.15, 0.2) is 11.5 Å². The molecule has 2 N–H and O–H groups in total. The van der Waals surface area contributed by atoms with Crippen molar-refractivity contribution in [2.75, 3.05) is 40.0 Å². The number of aliphatic hydroxyl groups is 1. The predicted molar refractivity (Wildman–Crippen MR) is 176 cm³/mol. The fraction of sp³-hybridized carbons (Fsp3) is 0.270. The number of benzene rings is 4. The molecule has 46 heavy (non-hydrogen) atoms. The highest BCUT2D eigenvalue weighted by Gasteiger charge is 2.25. The van der Waals surface area contributed by atoms with Crippen molar-refractivity contribution in [3.05, 3.63) is 119 Å². The van der Waals surface area contributed by atoms with Gasteiger partial charge in [-0.25, -0.2) is 0 Å². The minimum absolute atomic E-state index is 0.0125. The van der Waals surface area contributed by atoms with Gasteiger partial charge in [0.25, 0.3) is 11.8 Å². The lowest BCUT2D eigenvalue weighted by Crippen LogP contribution is -2.35. The largest absolute Gasteiger partial charge is 0.493 e. The molecule has 4 aromatic rings. The Balaban J connectivity index is 1.65. The van der Waals surface area contributed by atoms with E-state index < -0.39 is 5.97 Å². The van der Waals surface area contributed by atoms with E-state index in [0.29, 0.717) is 53.3 Å². The number of rotatable bonds is 16. The van der Waals surface area contributed by atoms with Gasteiger partial charge in [0, 0.05) is 37.3 Å². The molecule has 9 nitrogen and oxygen atoms in total. The van der Waals surface area contributed by atoms with Crippen molar-refractivity contribution in [3.63, 3.8) is 0 Å². The fourth-order valence-electron chi connectivity index (χ4n) is 5.28. The summed E-state index contributed by atoms with van der Waals surface area (Å²) in [6, 6.07) is 29.3. The summed E-state index contributed by atoms with van der Waals surface area (Å²) in [6.45, 7) is 2.91. The summed E-state index contributed by atoms with van der Waals surface area (Å²) in [5.41, 5.74) is 3.71. The monoisotopic (exact) mass is 624 g/mol. The molecule has 0 saturated heterocycles. The predicted octanol–water partition coefficient (Wildman–Crippen LogP) is 5.56. The van der Waals surface area contributed by atoms with Crippen molar-refractivity contribution in [3.8, 4) is 22.6 Å². The Morgan fingerprint density at radius 2 is 1.30 bits per heavy atom. The number of methoxy groups -OCH3 is 1. The molecule has 0 aliphatic carbocycles. The summed E-state index contributed by atoms with van der Waals surface area (Å²) in [4.78, 5) is 42.8. The maximum atomic E-state index is 14.2. The van der Waals surface area contributed by atoms with Crippen LogP contribution < -0.4 is 9.47 Å². The van der Waals surface area contributed by atoms with E-state index in [-0.39, 0.29) is 44.5 Å². The number of aliphatic carboxylic acids is 1. The van der Waals surface area contributed by atoms with Crippen LogP contribution in [0.3, 0.4) is 0 Å². The van der Waals surface area contributed by atoms with Crippen molar-refractivity contribution in [1.82, 2.24) is 9.80 Å². The molecule has 0 saturated carbocycles. The van der Waals surface area contributed by atoms with Crippen LogP contribution in [0.25, 0.3) is 11.1 Å². The third-order valence-corrected chi connectivity index (χ3v) is 7.56. The van der Waals surface area contributed by atoms with Gasteiger partial charge in [-0.1, -0.05) is 72.8 Å². The quantitative estimate of drug-likeness (QED) is 0.168. The number of nitrogens with zero attached hydrogens (tertiary/aromatic N) is 2. The van der Waals surface area contributed by atoms with Crippen LogP contribution in [0.5, 0.6) is 11.5 Å². The molecule has 0 aromatic heterocycles. The number of aliphatic hydroxyl groups excluding tert-OH is 1. The number of carbonyl (C=O) groups excluding carboxylic acids is 2. The Kier molecular flexibility index (Phi) is 12.3. The van der Waals surface area contributed by atoms with Gasteiger partial charge in [-0.3, -0.25) is 14.4 Å². The van der Waals surface area contributed by atoms with Gasteiger partial charge >= 0.3 is 5.97 Å². The summed E-state index contributed by atoms with van der Waals surface area (Å²) in [7, 11) is 1.56. The minimum Gasteiger partial charge on any atom is -0.493 e. The highest BCUT2D eigenvalue weighted by atomic mass is 16.5. The molecule has 0 fully saturated rings. The zero-order chi connectivity index (χ0) is 32.9. The van der Waals surface area contributed by atoms with E-state index in [4.69, 9.17) is 9.47 Å². The van der Waals surface area contributed by atoms with E-state index in [1.165, 1.54) is 4.90 Å². The molecule has 0 unspecified atom stereocenters. The van der Waals surface area contributed by atoms with Gasteiger partial charge in [0.05, 0.1) is 26.7 Å². The molecule has 0 bridgehead atoms. The maximum absolute atomic E-state index is 14.2. The average molecular weight is 625 g/mol. The first kappa shape index (κ1) is 33.7. The molecular formula is C37H40N2O7. The Morgan fingerprint density at radius 1 is 0.696 bits per heavy atom. The molecule has 4 aromatic carbocycles. The Labute approximate surface area is 269 Å². The second-order valence-corrected chi connectivity index (χ2v) is 10.6. The van der Waals surface area contributed by atoms with Crippen molar-refractivity contribution >= 4 is 17.8 Å². The topological polar surface area (TPSA) is 117 Å². The maximum Gasteiger partial charge on any atom is 0.305 e. The number of carboxylic acid groups (broad SMARTS) is 1. The number of amides is 2. The Hall–Kier alpha value is -5.15. The molecular weight excluding hydrogens is 584 g/mol. The molecule has 0 aliphatic heterocycles. The summed E-state index contributed by atoms with van der Waals surface area (Å²) in [5.74, 6) is -0.420. The van der Waals surface area contributed by atoms with E-state index in [0.717, 1.165) is 11.1 Å². The lowest BCUT2D eigenvalue weighted by Gasteiger charge is -2.25. The van der Waals surface area contributed by atoms with Gasteiger partial charge in [0.2, 0.25) is 0 Å². The lowest BCUT2D eigenvalue weighted by molar-refractivity contribution is -0.137. The summed E-state index contributed by atoms with van der Waals surface area (Å²) in [6.07, 6.45) is 0.242. The Bertz CT molecular complexity index is 1620. The fourth-order valence-corrected chi connectivity index (χ4v) is 5.28. The molecule has 9 heteroatoms. The van der Waals surface area contributed by atoms with Gasteiger partial charge in [0.1, 0.15) is 0 Å². The third kappa shape index (κ3) is 8.73. The van der Waals surface area contributed by atoms with Crippen LogP contribution >= 0.6 is 0 Å². The minimum atomic E-state index is -1.01. The summed E-state index contributed by atoms with van der Waals surface area (Å²) < 4.78 is 11.1. The van der Waals surface area contributed by atoms with Gasteiger partial charge in [-0.05, 0) is 59.9 Å². The van der Waals surface area contributed by atoms with Crippen LogP contribution in [0, 0.1) is 0 Å². The molecule has 240 valence electrons. The molecule has 2 amide bonds. The van der Waals surface area contributed by atoms with E-state index in [2.05, 4.69) is 0 Å². The summed E-state index contributed by atoms with van der Waals surface area (Å²) >= 11 is 0. The number of ether oxygens (including phenoxy) is 2. The van der Waals surface area contributed by atoms with E-state index in [1.807, 2.05) is 61.5 Å². The van der Waals surface area contributed by atoms with Gasteiger partial charge in [-0.15, -0.1) is 0 Å². The van der Waals surface area contributed by atoms with Crippen molar-refractivity contribution in [2.45, 2.75) is 26.3 Å². The van der Waals surface area contributed by atoms with E-state index >= 15 is 0 Å². The molecule has 0 aliphatic rings. The van der Waals surface area contributed by atoms with Gasteiger partial charge < -0.3 is 29.5 Å². The summed E-state index contributed by atoms with van der Waals surface area (Å²) in [5, 5.41) is 19.2. The van der Waals surface area contributed by atoms with E-state index in [1.54, 1.807) is 54.5 Å². The number of carbonyl (C=O) groups is 3. The zero-order valence-corrected chi connectivity index (χ0v) is 26.2. The molecule has 0 heterocycles. The number of hydrogen-bond acceptors (Lipinski definition) is 6. The van der Waals surface area contributed by atoms with Crippen LogP contribution in [-0.2, 0) is 17.8 Å². The second-order valence-electron chi connectivity index (χ2n) is 10.6. The highest BCUT2D eigenvalue weighted by Crippen LogP contribution is 2.31. The number of hydrogen-bond donors (Lipinski definition) is 2. The highest BCUT2D eigenvalue weighted by molar-refractivity contribution is 6.06. The first-order valence-corrected chi connectivity index (χ1v) is 15.3.